The molecular weight excluding hydrogens is 191 g/mol. The van der Waals surface area contributed by atoms with E-state index < -0.39 is 11.7 Å². The molecule has 0 heterocycles. The van der Waals surface area contributed by atoms with Gasteiger partial charge in [-0.3, -0.25) is 0 Å². The maximum atomic E-state index is 12.3. The molecule has 1 nitrogen and oxygen atoms in total. The molecular formula is C10H13F3N+. The van der Waals surface area contributed by atoms with Gasteiger partial charge in [-0.15, -0.1) is 0 Å². The average Bonchev–Trinajstić information content (AvgIpc) is 2.14. The summed E-state index contributed by atoms with van der Waals surface area (Å²) in [5.74, 6) is 0. The van der Waals surface area contributed by atoms with Crippen molar-refractivity contribution in [1.29, 1.82) is 0 Å². The van der Waals surface area contributed by atoms with Gasteiger partial charge in [0.05, 0.1) is 12.1 Å². The van der Waals surface area contributed by atoms with Gasteiger partial charge >= 0.3 is 6.18 Å². The summed E-state index contributed by atoms with van der Waals surface area (Å²) < 4.78 is 36.8. The highest BCUT2D eigenvalue weighted by atomic mass is 19.4. The van der Waals surface area contributed by atoms with Crippen LogP contribution in [0.4, 0.5) is 13.2 Å². The van der Waals surface area contributed by atoms with Crippen LogP contribution in [0, 0.1) is 0 Å². The van der Waals surface area contributed by atoms with Crippen molar-refractivity contribution >= 4 is 0 Å². The molecule has 3 N–H and O–H groups in total. The molecule has 0 spiro atoms. The Hall–Kier alpha value is -1.03. The number of alkyl halides is 3. The van der Waals surface area contributed by atoms with Crippen molar-refractivity contribution < 1.29 is 18.9 Å². The van der Waals surface area contributed by atoms with E-state index in [0.29, 0.717) is 6.42 Å². The first-order chi connectivity index (χ1) is 6.54. The number of halogens is 3. The van der Waals surface area contributed by atoms with Crippen LogP contribution < -0.4 is 5.73 Å². The minimum atomic E-state index is -4.24. The Kier molecular flexibility index (Phi) is 3.52. The van der Waals surface area contributed by atoms with Crippen molar-refractivity contribution in [3.05, 3.63) is 35.4 Å². The molecule has 0 fully saturated rings. The molecule has 1 aromatic carbocycles. The molecule has 0 aliphatic rings. The van der Waals surface area contributed by atoms with E-state index in [1.54, 1.807) is 6.07 Å². The molecule has 0 aliphatic carbocycles. The zero-order valence-corrected chi connectivity index (χ0v) is 7.77. The van der Waals surface area contributed by atoms with E-state index >= 15 is 0 Å². The molecule has 1 rings (SSSR count). The van der Waals surface area contributed by atoms with E-state index in [1.807, 2.05) is 0 Å². The summed E-state index contributed by atoms with van der Waals surface area (Å²) in [5, 5.41) is 0. The fraction of sp³-hybridized carbons (Fsp3) is 0.400. The molecule has 0 saturated carbocycles. The molecule has 0 radical (unpaired) electrons. The molecule has 0 unspecified atom stereocenters. The van der Waals surface area contributed by atoms with E-state index in [1.165, 1.54) is 12.1 Å². The summed E-state index contributed by atoms with van der Waals surface area (Å²) in [6.07, 6.45) is -2.75. The lowest BCUT2D eigenvalue weighted by atomic mass is 10.1. The highest BCUT2D eigenvalue weighted by Gasteiger charge is 2.30. The lowest BCUT2D eigenvalue weighted by Crippen LogP contribution is -2.50. The molecule has 0 aromatic heterocycles. The SMILES string of the molecule is [NH3+]CCCc1cccc(C(F)(F)F)c1. The van der Waals surface area contributed by atoms with Crippen LogP contribution in [-0.4, -0.2) is 6.54 Å². The van der Waals surface area contributed by atoms with Crippen molar-refractivity contribution in [3.8, 4) is 0 Å². The predicted octanol–water partition coefficient (Wildman–Crippen LogP) is 1.88. The molecule has 0 aliphatic heterocycles. The van der Waals surface area contributed by atoms with Crippen LogP contribution >= 0.6 is 0 Å². The summed E-state index contributed by atoms with van der Waals surface area (Å²) >= 11 is 0. The molecule has 0 saturated heterocycles. The molecule has 14 heavy (non-hydrogen) atoms. The minimum Gasteiger partial charge on any atom is -0.358 e. The molecule has 0 amide bonds. The monoisotopic (exact) mass is 204 g/mol. The zero-order chi connectivity index (χ0) is 10.6. The number of rotatable bonds is 3. The topological polar surface area (TPSA) is 27.6 Å². The van der Waals surface area contributed by atoms with Gasteiger partial charge in [-0.25, -0.2) is 0 Å². The standard InChI is InChI=1S/C10H12F3N/c11-10(12,13)9-5-1-3-8(7-9)4-2-6-14/h1,3,5,7H,2,4,6,14H2/p+1. The van der Waals surface area contributed by atoms with Crippen molar-refractivity contribution in [1.82, 2.24) is 0 Å². The van der Waals surface area contributed by atoms with Crippen LogP contribution in [0.2, 0.25) is 0 Å². The predicted molar refractivity (Wildman–Crippen MR) is 47.5 cm³/mol. The van der Waals surface area contributed by atoms with Crippen molar-refractivity contribution in [2.75, 3.05) is 6.54 Å². The number of aryl methyl sites for hydroxylation is 1. The van der Waals surface area contributed by atoms with Crippen molar-refractivity contribution in [2.24, 2.45) is 0 Å². The van der Waals surface area contributed by atoms with Gasteiger partial charge in [0.1, 0.15) is 0 Å². The summed E-state index contributed by atoms with van der Waals surface area (Å²) in [6.45, 7) is 0.746. The molecule has 0 bridgehead atoms. The first-order valence-electron chi connectivity index (χ1n) is 4.49. The van der Waals surface area contributed by atoms with Crippen LogP contribution in [0.1, 0.15) is 17.5 Å². The van der Waals surface area contributed by atoms with Crippen molar-refractivity contribution in [3.63, 3.8) is 0 Å². The number of benzene rings is 1. The van der Waals surface area contributed by atoms with Gasteiger partial charge in [0.15, 0.2) is 0 Å². The third-order valence-corrected chi connectivity index (χ3v) is 1.97. The second-order valence-corrected chi connectivity index (χ2v) is 3.16. The first-order valence-corrected chi connectivity index (χ1v) is 4.49. The minimum absolute atomic E-state index is 0.570. The third-order valence-electron chi connectivity index (χ3n) is 1.97. The van der Waals surface area contributed by atoms with Crippen LogP contribution in [-0.2, 0) is 12.6 Å². The lowest BCUT2D eigenvalue weighted by Gasteiger charge is -2.07. The van der Waals surface area contributed by atoms with Gasteiger partial charge < -0.3 is 5.73 Å². The summed E-state index contributed by atoms with van der Waals surface area (Å²) in [4.78, 5) is 0. The summed E-state index contributed by atoms with van der Waals surface area (Å²) in [7, 11) is 0. The van der Waals surface area contributed by atoms with Gasteiger partial charge in [-0.2, -0.15) is 13.2 Å². The van der Waals surface area contributed by atoms with Crippen LogP contribution in [0.25, 0.3) is 0 Å². The van der Waals surface area contributed by atoms with Crippen LogP contribution in [0.3, 0.4) is 0 Å². The Morgan fingerprint density at radius 2 is 1.93 bits per heavy atom. The molecule has 1 aromatic rings. The Balaban J connectivity index is 2.79. The smallest absolute Gasteiger partial charge is 0.358 e. The fourth-order valence-corrected chi connectivity index (χ4v) is 1.23. The van der Waals surface area contributed by atoms with E-state index in [0.717, 1.165) is 24.6 Å². The van der Waals surface area contributed by atoms with Gasteiger partial charge in [0.2, 0.25) is 0 Å². The van der Waals surface area contributed by atoms with Crippen LogP contribution in [0.5, 0.6) is 0 Å². The number of quaternary nitrogens is 1. The molecule has 4 heteroatoms. The maximum absolute atomic E-state index is 12.3. The van der Waals surface area contributed by atoms with Gasteiger partial charge in [-0.05, 0) is 18.1 Å². The highest BCUT2D eigenvalue weighted by Crippen LogP contribution is 2.29. The summed E-state index contributed by atoms with van der Waals surface area (Å²) in [5.41, 5.74) is 3.80. The molecule has 0 atom stereocenters. The fourth-order valence-electron chi connectivity index (χ4n) is 1.23. The normalized spacial score (nSPS) is 11.7. The summed E-state index contributed by atoms with van der Waals surface area (Å²) in [6, 6.07) is 5.45. The Labute approximate surface area is 80.7 Å². The Morgan fingerprint density at radius 1 is 1.21 bits per heavy atom. The van der Waals surface area contributed by atoms with E-state index in [4.69, 9.17) is 0 Å². The van der Waals surface area contributed by atoms with Gasteiger partial charge in [-0.1, -0.05) is 18.2 Å². The maximum Gasteiger partial charge on any atom is 0.416 e. The molecule has 78 valence electrons. The van der Waals surface area contributed by atoms with Gasteiger partial charge in [0.25, 0.3) is 0 Å². The quantitative estimate of drug-likeness (QED) is 0.778. The zero-order valence-electron chi connectivity index (χ0n) is 7.77. The van der Waals surface area contributed by atoms with E-state index in [2.05, 4.69) is 5.73 Å². The lowest BCUT2D eigenvalue weighted by molar-refractivity contribution is -0.368. The number of hydrogen-bond donors (Lipinski definition) is 1. The second kappa shape index (κ2) is 4.46. The van der Waals surface area contributed by atoms with Crippen LogP contribution in [0.15, 0.2) is 24.3 Å². The average molecular weight is 204 g/mol. The van der Waals surface area contributed by atoms with Crippen molar-refractivity contribution in [2.45, 2.75) is 19.0 Å². The third kappa shape index (κ3) is 3.03. The van der Waals surface area contributed by atoms with E-state index in [9.17, 15) is 13.2 Å². The Bertz CT molecular complexity index is 294. The Morgan fingerprint density at radius 3 is 2.50 bits per heavy atom. The van der Waals surface area contributed by atoms with E-state index in [-0.39, 0.29) is 0 Å². The largest absolute Gasteiger partial charge is 0.416 e. The first kappa shape index (κ1) is 11.0. The van der Waals surface area contributed by atoms with Gasteiger partial charge in [0, 0.05) is 6.42 Å². The highest BCUT2D eigenvalue weighted by molar-refractivity contribution is 5.25. The number of hydrogen-bond acceptors (Lipinski definition) is 0. The second-order valence-electron chi connectivity index (χ2n) is 3.16.